The lowest BCUT2D eigenvalue weighted by atomic mass is 10.2. The number of aromatic nitrogens is 4. The molecule has 0 saturated heterocycles. The second-order valence-corrected chi connectivity index (χ2v) is 17.9. The molecule has 4 heterocycles. The van der Waals surface area contributed by atoms with E-state index in [4.69, 9.17) is 9.84 Å². The Kier molecular flexibility index (Phi) is 8.76. The molecule has 0 spiro atoms. The SMILES string of the molecule is C[Si](C)(C)CCOCn1nc(-c2ccc(CNC(=O)c3cccn(Cc4ccc(F)c(F)c4)c3=O)s2)c2cccnc21. The zero-order valence-corrected chi connectivity index (χ0v) is 25.4. The summed E-state index contributed by atoms with van der Waals surface area (Å²) in [7, 11) is -1.20. The zero-order chi connectivity index (χ0) is 29.9. The van der Waals surface area contributed by atoms with Crippen LogP contribution < -0.4 is 10.9 Å². The number of carbonyl (C=O) groups is 1. The number of benzene rings is 1. The molecule has 42 heavy (non-hydrogen) atoms. The number of ether oxygens (including phenoxy) is 1. The van der Waals surface area contributed by atoms with Gasteiger partial charge in [-0.25, -0.2) is 18.4 Å². The van der Waals surface area contributed by atoms with Gasteiger partial charge in [-0.05, 0) is 60.1 Å². The fourth-order valence-electron chi connectivity index (χ4n) is 4.34. The molecule has 1 N–H and O–H groups in total. The maximum atomic E-state index is 13.6. The van der Waals surface area contributed by atoms with E-state index in [2.05, 4.69) is 29.9 Å². The summed E-state index contributed by atoms with van der Waals surface area (Å²) in [5.41, 5.74) is 1.37. The van der Waals surface area contributed by atoms with E-state index in [1.165, 1.54) is 34.2 Å². The Labute approximate surface area is 246 Å². The summed E-state index contributed by atoms with van der Waals surface area (Å²) < 4.78 is 35.8. The van der Waals surface area contributed by atoms with Crippen LogP contribution in [-0.4, -0.2) is 39.9 Å². The standard InChI is InChI=1S/C30H31F2N5O3SSi/c1-42(2,3)15-14-40-19-37-28-22(6-4-12-33-28)27(35-37)26-11-9-21(41-26)17-34-29(38)23-7-5-13-36(30(23)39)18-20-8-10-24(31)25(32)16-20/h4-13,16H,14-15,17-19H2,1-3H3,(H,34,38). The smallest absolute Gasteiger partial charge is 0.263 e. The second-order valence-electron chi connectivity index (χ2n) is 11.1. The van der Waals surface area contributed by atoms with Gasteiger partial charge in [0, 0.05) is 37.3 Å². The molecule has 5 aromatic rings. The van der Waals surface area contributed by atoms with Crippen LogP contribution in [-0.2, 0) is 24.6 Å². The summed E-state index contributed by atoms with van der Waals surface area (Å²) in [6.45, 7) is 8.15. The van der Waals surface area contributed by atoms with Crippen molar-refractivity contribution in [1.29, 1.82) is 0 Å². The summed E-state index contributed by atoms with van der Waals surface area (Å²) >= 11 is 1.49. The van der Waals surface area contributed by atoms with E-state index in [1.54, 1.807) is 16.9 Å². The van der Waals surface area contributed by atoms with E-state index in [0.29, 0.717) is 18.9 Å². The Morgan fingerprint density at radius 3 is 2.69 bits per heavy atom. The molecule has 0 saturated carbocycles. The van der Waals surface area contributed by atoms with Gasteiger partial charge < -0.3 is 14.6 Å². The first-order valence-corrected chi connectivity index (χ1v) is 18.0. The summed E-state index contributed by atoms with van der Waals surface area (Å²) in [5.74, 6) is -2.48. The van der Waals surface area contributed by atoms with Gasteiger partial charge in [0.05, 0.1) is 18.0 Å². The molecule has 0 fully saturated rings. The number of carbonyl (C=O) groups excluding carboxylic acids is 1. The summed E-state index contributed by atoms with van der Waals surface area (Å²) in [4.78, 5) is 32.2. The summed E-state index contributed by atoms with van der Waals surface area (Å²) in [6.07, 6.45) is 3.23. The van der Waals surface area contributed by atoms with Gasteiger partial charge in [-0.1, -0.05) is 25.7 Å². The minimum Gasteiger partial charge on any atom is -0.359 e. The highest BCUT2D eigenvalue weighted by Gasteiger charge is 2.18. The average Bonchev–Trinajstić information content (AvgIpc) is 3.57. The quantitative estimate of drug-likeness (QED) is 0.149. The Morgan fingerprint density at radius 2 is 1.90 bits per heavy atom. The van der Waals surface area contributed by atoms with Gasteiger partial charge in [0.25, 0.3) is 11.5 Å². The molecular formula is C30H31F2N5O3SSi. The van der Waals surface area contributed by atoms with E-state index < -0.39 is 31.2 Å². The molecule has 8 nitrogen and oxygen atoms in total. The van der Waals surface area contributed by atoms with Gasteiger partial charge in [0.15, 0.2) is 17.3 Å². The van der Waals surface area contributed by atoms with Crippen molar-refractivity contribution < 1.29 is 18.3 Å². The third-order valence-corrected chi connectivity index (χ3v) is 9.43. The van der Waals surface area contributed by atoms with Crippen LogP contribution in [0.5, 0.6) is 0 Å². The molecular weight excluding hydrogens is 577 g/mol. The van der Waals surface area contributed by atoms with E-state index in [-0.39, 0.29) is 18.7 Å². The molecule has 0 unspecified atom stereocenters. The number of nitrogens with zero attached hydrogens (tertiary/aromatic N) is 4. The summed E-state index contributed by atoms with van der Waals surface area (Å²) in [6, 6.07) is 15.2. The third-order valence-electron chi connectivity index (χ3n) is 6.64. The molecule has 0 radical (unpaired) electrons. The lowest BCUT2D eigenvalue weighted by Crippen LogP contribution is -2.32. The summed E-state index contributed by atoms with van der Waals surface area (Å²) in [5, 5.41) is 8.51. The maximum absolute atomic E-state index is 13.6. The molecule has 5 rings (SSSR count). The molecule has 12 heteroatoms. The van der Waals surface area contributed by atoms with Crippen molar-refractivity contribution in [2.24, 2.45) is 0 Å². The molecule has 0 atom stereocenters. The Morgan fingerprint density at radius 1 is 1.07 bits per heavy atom. The fraction of sp³-hybridized carbons (Fsp3) is 0.267. The largest absolute Gasteiger partial charge is 0.359 e. The van der Waals surface area contributed by atoms with Crippen molar-refractivity contribution >= 4 is 36.4 Å². The molecule has 1 amide bonds. The topological polar surface area (TPSA) is 91.0 Å². The van der Waals surface area contributed by atoms with Crippen molar-refractivity contribution in [3.05, 3.63) is 105 Å². The van der Waals surface area contributed by atoms with Crippen molar-refractivity contribution in [3.8, 4) is 10.6 Å². The van der Waals surface area contributed by atoms with Gasteiger partial charge in [0.2, 0.25) is 0 Å². The van der Waals surface area contributed by atoms with Crippen LogP contribution in [0.1, 0.15) is 20.8 Å². The highest BCUT2D eigenvalue weighted by molar-refractivity contribution is 7.15. The minimum atomic E-state index is -1.20. The fourth-order valence-corrected chi connectivity index (χ4v) is 6.05. The van der Waals surface area contributed by atoms with Crippen molar-refractivity contribution in [2.45, 2.75) is 45.5 Å². The van der Waals surface area contributed by atoms with Gasteiger partial charge in [0.1, 0.15) is 18.0 Å². The molecule has 4 aromatic heterocycles. The van der Waals surface area contributed by atoms with E-state index in [0.717, 1.165) is 44.7 Å². The first kappa shape index (κ1) is 29.5. The molecule has 0 aliphatic carbocycles. The van der Waals surface area contributed by atoms with Crippen molar-refractivity contribution in [2.75, 3.05) is 6.61 Å². The number of hydrogen-bond acceptors (Lipinski definition) is 6. The first-order chi connectivity index (χ1) is 20.1. The van der Waals surface area contributed by atoms with Crippen LogP contribution in [0.3, 0.4) is 0 Å². The Bertz CT molecular complexity index is 1790. The number of halogens is 2. The first-order valence-electron chi connectivity index (χ1n) is 13.5. The number of amides is 1. The number of nitrogens with one attached hydrogen (secondary N) is 1. The number of pyridine rings is 2. The predicted molar refractivity (Wildman–Crippen MR) is 162 cm³/mol. The van der Waals surface area contributed by atoms with Crippen LogP contribution in [0.4, 0.5) is 8.78 Å². The van der Waals surface area contributed by atoms with Crippen LogP contribution in [0.2, 0.25) is 25.7 Å². The van der Waals surface area contributed by atoms with Crippen LogP contribution in [0.25, 0.3) is 21.6 Å². The molecule has 1 aromatic carbocycles. The van der Waals surface area contributed by atoms with E-state index in [1.807, 2.05) is 24.3 Å². The van der Waals surface area contributed by atoms with Crippen LogP contribution in [0.15, 0.2) is 71.8 Å². The lowest BCUT2D eigenvalue weighted by molar-refractivity contribution is 0.0814. The number of rotatable bonds is 11. The zero-order valence-electron chi connectivity index (χ0n) is 23.6. The van der Waals surface area contributed by atoms with Gasteiger partial charge in [-0.15, -0.1) is 11.3 Å². The van der Waals surface area contributed by atoms with Crippen LogP contribution in [0, 0.1) is 11.6 Å². The Hall–Kier alpha value is -4.00. The molecule has 0 aliphatic rings. The highest BCUT2D eigenvalue weighted by atomic mass is 32.1. The number of fused-ring (bicyclic) bond motifs is 1. The monoisotopic (exact) mass is 607 g/mol. The van der Waals surface area contributed by atoms with Crippen molar-refractivity contribution in [1.82, 2.24) is 24.6 Å². The van der Waals surface area contributed by atoms with E-state index in [9.17, 15) is 18.4 Å². The molecule has 218 valence electrons. The number of hydrogen-bond donors (Lipinski definition) is 1. The number of thiophene rings is 1. The van der Waals surface area contributed by atoms with Gasteiger partial charge in [-0.3, -0.25) is 9.59 Å². The predicted octanol–water partition coefficient (Wildman–Crippen LogP) is 5.89. The normalized spacial score (nSPS) is 11.7. The molecule has 0 aliphatic heterocycles. The average molecular weight is 608 g/mol. The lowest BCUT2D eigenvalue weighted by Gasteiger charge is -2.15. The van der Waals surface area contributed by atoms with Gasteiger partial charge >= 0.3 is 0 Å². The maximum Gasteiger partial charge on any atom is 0.263 e. The van der Waals surface area contributed by atoms with Crippen molar-refractivity contribution in [3.63, 3.8) is 0 Å². The van der Waals surface area contributed by atoms with Crippen LogP contribution >= 0.6 is 11.3 Å². The minimum absolute atomic E-state index is 0.00422. The highest BCUT2D eigenvalue weighted by Crippen LogP contribution is 2.32. The van der Waals surface area contributed by atoms with Gasteiger partial charge in [-0.2, -0.15) is 5.10 Å². The second kappa shape index (κ2) is 12.5. The Balaban J connectivity index is 1.26. The third kappa shape index (κ3) is 6.89. The molecule has 0 bridgehead atoms. The van der Waals surface area contributed by atoms with E-state index >= 15 is 0 Å².